The number of benzene rings is 2. The van der Waals surface area contributed by atoms with Crippen LogP contribution in [0.2, 0.25) is 0 Å². The van der Waals surface area contributed by atoms with Crippen LogP contribution in [0.15, 0.2) is 36.4 Å². The minimum atomic E-state index is -0.282. The molecule has 1 aromatic heterocycles. The zero-order valence-electron chi connectivity index (χ0n) is 10.6. The lowest BCUT2D eigenvalue weighted by molar-refractivity contribution is 0.617. The highest BCUT2D eigenvalue weighted by Crippen LogP contribution is 2.23. The Morgan fingerprint density at radius 1 is 1.30 bits per heavy atom. The summed E-state index contributed by atoms with van der Waals surface area (Å²) in [7, 11) is 0. The maximum Gasteiger partial charge on any atom is 0.182 e. The molecule has 0 saturated carbocycles. The lowest BCUT2D eigenvalue weighted by Gasteiger charge is -2.06. The van der Waals surface area contributed by atoms with Crippen LogP contribution in [0.1, 0.15) is 11.1 Å². The summed E-state index contributed by atoms with van der Waals surface area (Å²) in [5.41, 5.74) is 3.16. The van der Waals surface area contributed by atoms with E-state index in [1.54, 1.807) is 35.8 Å². The standard InChI is InChI=1S/C15H10FN3S/c1-9-5-6-11(7-12(9)16)19-13-4-2-3-10(8-17)14(13)18-15(19)20/h2-7H,1H3,(H,18,20). The van der Waals surface area contributed by atoms with Crippen molar-refractivity contribution < 1.29 is 4.39 Å². The Morgan fingerprint density at radius 3 is 2.80 bits per heavy atom. The Hall–Kier alpha value is -2.45. The molecule has 3 rings (SSSR count). The third-order valence-electron chi connectivity index (χ3n) is 3.25. The van der Waals surface area contributed by atoms with E-state index in [4.69, 9.17) is 17.5 Å². The molecular formula is C15H10FN3S. The van der Waals surface area contributed by atoms with Crippen molar-refractivity contribution in [3.05, 3.63) is 58.1 Å². The molecular weight excluding hydrogens is 273 g/mol. The summed E-state index contributed by atoms with van der Waals surface area (Å²) < 4.78 is 15.9. The lowest BCUT2D eigenvalue weighted by Crippen LogP contribution is -1.96. The fourth-order valence-electron chi connectivity index (χ4n) is 2.20. The largest absolute Gasteiger partial charge is 0.329 e. The van der Waals surface area contributed by atoms with Crippen LogP contribution in [0.4, 0.5) is 4.39 Å². The van der Waals surface area contributed by atoms with E-state index < -0.39 is 0 Å². The van der Waals surface area contributed by atoms with Gasteiger partial charge in [-0.05, 0) is 49.0 Å². The molecule has 0 unspecified atom stereocenters. The van der Waals surface area contributed by atoms with Gasteiger partial charge in [0.25, 0.3) is 0 Å². The molecule has 98 valence electrons. The van der Waals surface area contributed by atoms with Gasteiger partial charge >= 0.3 is 0 Å². The highest BCUT2D eigenvalue weighted by Gasteiger charge is 2.10. The summed E-state index contributed by atoms with van der Waals surface area (Å²) in [6.07, 6.45) is 0. The Morgan fingerprint density at radius 2 is 2.10 bits per heavy atom. The highest BCUT2D eigenvalue weighted by atomic mass is 32.1. The van der Waals surface area contributed by atoms with Gasteiger partial charge in [0.2, 0.25) is 0 Å². The topological polar surface area (TPSA) is 44.5 Å². The van der Waals surface area contributed by atoms with Crippen LogP contribution in [-0.2, 0) is 0 Å². The quantitative estimate of drug-likeness (QED) is 0.686. The van der Waals surface area contributed by atoms with Crippen LogP contribution in [0.25, 0.3) is 16.7 Å². The molecule has 2 aromatic carbocycles. The van der Waals surface area contributed by atoms with Gasteiger partial charge in [-0.2, -0.15) is 5.26 Å². The third kappa shape index (κ3) is 1.82. The molecule has 5 heteroatoms. The van der Waals surface area contributed by atoms with E-state index in [0.717, 1.165) is 5.52 Å². The van der Waals surface area contributed by atoms with Crippen molar-refractivity contribution in [2.24, 2.45) is 0 Å². The number of aryl methyl sites for hydroxylation is 1. The van der Waals surface area contributed by atoms with Crippen LogP contribution in [0.3, 0.4) is 0 Å². The molecule has 0 spiro atoms. The third-order valence-corrected chi connectivity index (χ3v) is 3.54. The molecule has 0 bridgehead atoms. The second kappa shape index (κ2) is 4.58. The molecule has 3 nitrogen and oxygen atoms in total. The van der Waals surface area contributed by atoms with Crippen LogP contribution < -0.4 is 0 Å². The van der Waals surface area contributed by atoms with Crippen molar-refractivity contribution in [3.63, 3.8) is 0 Å². The molecule has 0 aliphatic heterocycles. The minimum absolute atomic E-state index is 0.282. The summed E-state index contributed by atoms with van der Waals surface area (Å²) in [5.74, 6) is -0.282. The number of rotatable bonds is 1. The number of hydrogen-bond acceptors (Lipinski definition) is 2. The summed E-state index contributed by atoms with van der Waals surface area (Å²) in [4.78, 5) is 3.01. The molecule has 1 N–H and O–H groups in total. The summed E-state index contributed by atoms with van der Waals surface area (Å²) in [5, 5.41) is 9.11. The van der Waals surface area contributed by atoms with Gasteiger partial charge in [0, 0.05) is 0 Å². The summed E-state index contributed by atoms with van der Waals surface area (Å²) >= 11 is 5.29. The van der Waals surface area contributed by atoms with Gasteiger partial charge in [0.05, 0.1) is 22.3 Å². The highest BCUT2D eigenvalue weighted by molar-refractivity contribution is 7.71. The Balaban J connectivity index is 2.37. The van der Waals surface area contributed by atoms with Gasteiger partial charge in [0.15, 0.2) is 4.77 Å². The maximum atomic E-state index is 13.7. The molecule has 0 aliphatic carbocycles. The number of fused-ring (bicyclic) bond motifs is 1. The number of aromatic amines is 1. The molecule has 0 fully saturated rings. The van der Waals surface area contributed by atoms with Crippen molar-refractivity contribution in [2.75, 3.05) is 0 Å². The van der Waals surface area contributed by atoms with Gasteiger partial charge < -0.3 is 4.98 Å². The molecule has 0 atom stereocenters. The average molecular weight is 283 g/mol. The number of halogens is 1. The average Bonchev–Trinajstić information content (AvgIpc) is 2.78. The van der Waals surface area contributed by atoms with E-state index in [9.17, 15) is 4.39 Å². The van der Waals surface area contributed by atoms with Crippen molar-refractivity contribution >= 4 is 23.3 Å². The van der Waals surface area contributed by atoms with E-state index in [-0.39, 0.29) is 5.82 Å². The van der Waals surface area contributed by atoms with E-state index in [0.29, 0.717) is 27.1 Å². The smallest absolute Gasteiger partial charge is 0.182 e. The van der Waals surface area contributed by atoms with Gasteiger partial charge in [-0.3, -0.25) is 4.57 Å². The SMILES string of the molecule is Cc1ccc(-n2c(=S)[nH]c3c(C#N)cccc32)cc1F. The van der Waals surface area contributed by atoms with Crippen LogP contribution >= 0.6 is 12.2 Å². The van der Waals surface area contributed by atoms with E-state index >= 15 is 0 Å². The number of aromatic nitrogens is 2. The van der Waals surface area contributed by atoms with Crippen molar-refractivity contribution in [2.45, 2.75) is 6.92 Å². The zero-order valence-corrected chi connectivity index (χ0v) is 11.5. The van der Waals surface area contributed by atoms with Crippen molar-refractivity contribution in [3.8, 4) is 11.8 Å². The van der Waals surface area contributed by atoms with Crippen molar-refractivity contribution in [1.29, 1.82) is 5.26 Å². The second-order valence-corrected chi connectivity index (χ2v) is 4.90. The number of para-hydroxylation sites is 1. The number of nitrogens with one attached hydrogen (secondary N) is 1. The van der Waals surface area contributed by atoms with Gasteiger partial charge in [-0.1, -0.05) is 12.1 Å². The first-order chi connectivity index (χ1) is 9.61. The Labute approximate surface area is 119 Å². The van der Waals surface area contributed by atoms with Crippen LogP contribution in [0, 0.1) is 28.8 Å². The van der Waals surface area contributed by atoms with Crippen LogP contribution in [-0.4, -0.2) is 9.55 Å². The fraction of sp³-hybridized carbons (Fsp3) is 0.0667. The summed E-state index contributed by atoms with van der Waals surface area (Å²) in [6.45, 7) is 1.71. The van der Waals surface area contributed by atoms with E-state index in [2.05, 4.69) is 11.1 Å². The van der Waals surface area contributed by atoms with Gasteiger partial charge in [-0.15, -0.1) is 0 Å². The van der Waals surface area contributed by atoms with Gasteiger partial charge in [-0.25, -0.2) is 4.39 Å². The normalized spacial score (nSPS) is 10.7. The molecule has 0 amide bonds. The molecule has 0 aliphatic rings. The number of hydrogen-bond donors (Lipinski definition) is 1. The first kappa shape index (κ1) is 12.6. The zero-order chi connectivity index (χ0) is 14.3. The monoisotopic (exact) mass is 283 g/mol. The summed E-state index contributed by atoms with van der Waals surface area (Å²) in [6, 6.07) is 12.4. The number of H-pyrrole nitrogens is 1. The maximum absolute atomic E-state index is 13.7. The van der Waals surface area contributed by atoms with Crippen LogP contribution in [0.5, 0.6) is 0 Å². The first-order valence-corrected chi connectivity index (χ1v) is 6.43. The minimum Gasteiger partial charge on any atom is -0.329 e. The predicted molar refractivity (Wildman–Crippen MR) is 77.9 cm³/mol. The Bertz CT molecular complexity index is 915. The Kier molecular flexibility index (Phi) is 2.88. The molecule has 1 heterocycles. The van der Waals surface area contributed by atoms with Gasteiger partial charge in [0.1, 0.15) is 11.9 Å². The molecule has 0 radical (unpaired) electrons. The van der Waals surface area contributed by atoms with E-state index in [1.165, 1.54) is 6.07 Å². The second-order valence-electron chi connectivity index (χ2n) is 4.51. The first-order valence-electron chi connectivity index (χ1n) is 6.02. The van der Waals surface area contributed by atoms with Crippen molar-refractivity contribution in [1.82, 2.24) is 9.55 Å². The molecule has 0 saturated heterocycles. The predicted octanol–water partition coefficient (Wildman–Crippen LogP) is 4.01. The lowest BCUT2D eigenvalue weighted by atomic mass is 10.2. The number of nitrogens with zero attached hydrogens (tertiary/aromatic N) is 2. The molecule has 20 heavy (non-hydrogen) atoms. The number of nitriles is 1. The fourth-order valence-corrected chi connectivity index (χ4v) is 2.51. The number of imidazole rings is 1. The van der Waals surface area contributed by atoms with E-state index in [1.807, 2.05) is 6.07 Å². The molecule has 3 aromatic rings.